The van der Waals surface area contributed by atoms with Crippen molar-refractivity contribution in [2.75, 3.05) is 5.73 Å². The SMILES string of the molecule is NCc1cc(C(F)F)c([N+](=O)[O-])nc1N. The highest BCUT2D eigenvalue weighted by atomic mass is 19.3. The van der Waals surface area contributed by atoms with E-state index in [1.54, 1.807) is 0 Å². The molecule has 0 aliphatic rings. The molecule has 0 radical (unpaired) electrons. The average molecular weight is 218 g/mol. The first-order valence-electron chi connectivity index (χ1n) is 3.89. The van der Waals surface area contributed by atoms with Crippen LogP contribution >= 0.6 is 0 Å². The van der Waals surface area contributed by atoms with Gasteiger partial charge in [0.2, 0.25) is 5.82 Å². The summed E-state index contributed by atoms with van der Waals surface area (Å²) in [6.45, 7) is -0.101. The molecule has 0 saturated carbocycles. The van der Waals surface area contributed by atoms with Gasteiger partial charge in [-0.2, -0.15) is 0 Å². The molecule has 4 N–H and O–H groups in total. The van der Waals surface area contributed by atoms with Crippen LogP contribution in [0.1, 0.15) is 17.6 Å². The van der Waals surface area contributed by atoms with Crippen molar-refractivity contribution in [2.24, 2.45) is 5.73 Å². The molecule has 0 spiro atoms. The van der Waals surface area contributed by atoms with Gasteiger partial charge in [-0.15, -0.1) is 0 Å². The highest BCUT2D eigenvalue weighted by Crippen LogP contribution is 2.29. The minimum Gasteiger partial charge on any atom is -0.363 e. The zero-order valence-corrected chi connectivity index (χ0v) is 7.48. The van der Waals surface area contributed by atoms with Crippen LogP contribution in [0.3, 0.4) is 0 Å². The quantitative estimate of drug-likeness (QED) is 0.580. The van der Waals surface area contributed by atoms with Crippen LogP contribution in [0, 0.1) is 10.1 Å². The van der Waals surface area contributed by atoms with Crippen LogP contribution in [0.25, 0.3) is 0 Å². The summed E-state index contributed by atoms with van der Waals surface area (Å²) < 4.78 is 24.8. The molecule has 8 heteroatoms. The van der Waals surface area contributed by atoms with Crippen molar-refractivity contribution in [3.05, 3.63) is 27.3 Å². The fourth-order valence-corrected chi connectivity index (χ4v) is 1.05. The smallest absolute Gasteiger partial charge is 0.363 e. The lowest BCUT2D eigenvalue weighted by atomic mass is 10.1. The second-order valence-electron chi connectivity index (χ2n) is 2.71. The number of nitrogen functional groups attached to an aromatic ring is 1. The van der Waals surface area contributed by atoms with Gasteiger partial charge < -0.3 is 21.6 Å². The van der Waals surface area contributed by atoms with Gasteiger partial charge in [0.25, 0.3) is 6.43 Å². The van der Waals surface area contributed by atoms with E-state index >= 15 is 0 Å². The van der Waals surface area contributed by atoms with Crippen molar-refractivity contribution in [3.8, 4) is 0 Å². The third kappa shape index (κ3) is 2.15. The number of nitrogens with zero attached hydrogens (tertiary/aromatic N) is 2. The lowest BCUT2D eigenvalue weighted by Crippen LogP contribution is -2.08. The fourth-order valence-electron chi connectivity index (χ4n) is 1.05. The third-order valence-electron chi connectivity index (χ3n) is 1.77. The molecule has 0 aromatic carbocycles. The first kappa shape index (κ1) is 11.2. The molecule has 1 rings (SSSR count). The number of rotatable bonds is 3. The van der Waals surface area contributed by atoms with Crippen LogP contribution in [0.5, 0.6) is 0 Å². The molecule has 0 unspecified atom stereocenters. The summed E-state index contributed by atoms with van der Waals surface area (Å²) in [4.78, 5) is 12.7. The highest BCUT2D eigenvalue weighted by molar-refractivity contribution is 5.49. The molecule has 6 nitrogen and oxygen atoms in total. The minimum atomic E-state index is -2.98. The zero-order valence-electron chi connectivity index (χ0n) is 7.48. The van der Waals surface area contributed by atoms with Crippen LogP contribution in [0.4, 0.5) is 20.4 Å². The van der Waals surface area contributed by atoms with E-state index in [-0.39, 0.29) is 17.9 Å². The van der Waals surface area contributed by atoms with Gasteiger partial charge in [-0.1, -0.05) is 0 Å². The largest absolute Gasteiger partial charge is 0.374 e. The maximum Gasteiger partial charge on any atom is 0.374 e. The maximum absolute atomic E-state index is 12.4. The van der Waals surface area contributed by atoms with Crippen LogP contribution < -0.4 is 11.5 Å². The lowest BCUT2D eigenvalue weighted by molar-refractivity contribution is -0.390. The standard InChI is InChI=1S/C7H8F2N4O2/c8-5(9)4-1-3(2-10)6(11)12-7(4)13(14)15/h1,5H,2,10H2,(H2,11,12). The van der Waals surface area contributed by atoms with Crippen molar-refractivity contribution in [1.82, 2.24) is 4.98 Å². The number of halogens is 2. The Morgan fingerprint density at radius 1 is 1.60 bits per heavy atom. The zero-order chi connectivity index (χ0) is 11.6. The Kier molecular flexibility index (Phi) is 3.10. The van der Waals surface area contributed by atoms with E-state index in [0.717, 1.165) is 6.07 Å². The molecule has 0 aliphatic carbocycles. The number of anilines is 1. The summed E-state index contributed by atoms with van der Waals surface area (Å²) in [6, 6.07) is 0.908. The predicted octanol–water partition coefficient (Wildman–Crippen LogP) is 0.968. The van der Waals surface area contributed by atoms with Gasteiger partial charge >= 0.3 is 5.82 Å². The molecule has 0 bridgehead atoms. The number of hydrogen-bond donors (Lipinski definition) is 2. The molecule has 15 heavy (non-hydrogen) atoms. The fraction of sp³-hybridized carbons (Fsp3) is 0.286. The Hall–Kier alpha value is -1.83. The van der Waals surface area contributed by atoms with E-state index < -0.39 is 22.7 Å². The van der Waals surface area contributed by atoms with Gasteiger partial charge in [0.05, 0.1) is 0 Å². The molecule has 0 aliphatic heterocycles. The highest BCUT2D eigenvalue weighted by Gasteiger charge is 2.25. The summed E-state index contributed by atoms with van der Waals surface area (Å²) in [5, 5.41) is 10.4. The number of aromatic nitrogens is 1. The molecule has 1 aromatic heterocycles. The Morgan fingerprint density at radius 3 is 2.60 bits per heavy atom. The Labute approximate surface area is 83.0 Å². The van der Waals surface area contributed by atoms with Crippen molar-refractivity contribution < 1.29 is 13.7 Å². The summed E-state index contributed by atoms with van der Waals surface area (Å²) in [6.07, 6.45) is -2.98. The Balaban J connectivity index is 3.38. The van der Waals surface area contributed by atoms with E-state index in [4.69, 9.17) is 11.5 Å². The number of nitrogens with two attached hydrogens (primary N) is 2. The molecule has 0 amide bonds. The van der Waals surface area contributed by atoms with Gasteiger partial charge in [0.15, 0.2) is 0 Å². The van der Waals surface area contributed by atoms with Gasteiger partial charge in [-0.3, -0.25) is 0 Å². The second kappa shape index (κ2) is 4.13. The molecular weight excluding hydrogens is 210 g/mol. The van der Waals surface area contributed by atoms with Crippen molar-refractivity contribution in [3.63, 3.8) is 0 Å². The van der Waals surface area contributed by atoms with Gasteiger partial charge in [-0.05, 0) is 16.0 Å². The van der Waals surface area contributed by atoms with Crippen molar-refractivity contribution >= 4 is 11.6 Å². The minimum absolute atomic E-state index is 0.101. The molecule has 0 atom stereocenters. The second-order valence-corrected chi connectivity index (χ2v) is 2.71. The van der Waals surface area contributed by atoms with E-state index in [0.29, 0.717) is 0 Å². The van der Waals surface area contributed by atoms with Gasteiger partial charge in [-0.25, -0.2) is 8.78 Å². The van der Waals surface area contributed by atoms with Crippen LogP contribution in [-0.4, -0.2) is 9.91 Å². The van der Waals surface area contributed by atoms with E-state index in [2.05, 4.69) is 4.98 Å². The van der Waals surface area contributed by atoms with Crippen molar-refractivity contribution in [1.29, 1.82) is 0 Å². The third-order valence-corrected chi connectivity index (χ3v) is 1.77. The number of alkyl halides is 2. The van der Waals surface area contributed by atoms with E-state index in [9.17, 15) is 18.9 Å². The van der Waals surface area contributed by atoms with Crippen molar-refractivity contribution in [2.45, 2.75) is 13.0 Å². The van der Waals surface area contributed by atoms with E-state index in [1.807, 2.05) is 0 Å². The Bertz CT molecular complexity index is 397. The molecule has 1 aromatic rings. The number of nitro groups is 1. The number of pyridine rings is 1. The summed E-state index contributed by atoms with van der Waals surface area (Å²) in [7, 11) is 0. The summed E-state index contributed by atoms with van der Waals surface area (Å²) in [5.41, 5.74) is 9.90. The average Bonchev–Trinajstić information content (AvgIpc) is 2.16. The first-order chi connectivity index (χ1) is 6.97. The topological polar surface area (TPSA) is 108 Å². The summed E-state index contributed by atoms with van der Waals surface area (Å²) in [5.74, 6) is -1.13. The molecule has 0 saturated heterocycles. The first-order valence-corrected chi connectivity index (χ1v) is 3.89. The molecular formula is C7H8F2N4O2. The number of hydrogen-bond acceptors (Lipinski definition) is 5. The Morgan fingerprint density at radius 2 is 2.20 bits per heavy atom. The molecule has 1 heterocycles. The monoisotopic (exact) mass is 218 g/mol. The normalized spacial score (nSPS) is 10.7. The van der Waals surface area contributed by atoms with E-state index in [1.165, 1.54) is 0 Å². The van der Waals surface area contributed by atoms with Gasteiger partial charge in [0.1, 0.15) is 5.56 Å². The van der Waals surface area contributed by atoms with Crippen LogP contribution in [-0.2, 0) is 6.54 Å². The van der Waals surface area contributed by atoms with Gasteiger partial charge in [0, 0.05) is 12.1 Å². The van der Waals surface area contributed by atoms with Crippen LogP contribution in [0.2, 0.25) is 0 Å². The lowest BCUT2D eigenvalue weighted by Gasteiger charge is -2.04. The summed E-state index contributed by atoms with van der Waals surface area (Å²) >= 11 is 0. The molecule has 0 fully saturated rings. The predicted molar refractivity (Wildman–Crippen MR) is 48.2 cm³/mol. The maximum atomic E-state index is 12.4. The van der Waals surface area contributed by atoms with Crippen LogP contribution in [0.15, 0.2) is 6.07 Å². The molecule has 82 valence electrons.